The van der Waals surface area contributed by atoms with Crippen molar-refractivity contribution in [3.8, 4) is 0 Å². The summed E-state index contributed by atoms with van der Waals surface area (Å²) >= 11 is 0. The van der Waals surface area contributed by atoms with Crippen molar-refractivity contribution in [2.45, 2.75) is 47.2 Å². The maximum absolute atomic E-state index is 4.77. The first-order valence-electron chi connectivity index (χ1n) is 8.03. The van der Waals surface area contributed by atoms with Crippen LogP contribution in [-0.4, -0.2) is 45.3 Å². The van der Waals surface area contributed by atoms with E-state index in [1.165, 1.54) is 6.42 Å². The monoisotopic (exact) mass is 420 g/mol. The molecule has 1 aromatic heterocycles. The van der Waals surface area contributed by atoms with Gasteiger partial charge in [-0.2, -0.15) is 0 Å². The molecule has 2 rings (SSSR count). The molecule has 126 valence electrons. The molecule has 1 saturated heterocycles. The molecule has 0 spiro atoms. The van der Waals surface area contributed by atoms with E-state index in [1.54, 1.807) is 6.33 Å². The number of aliphatic imine (C=N–C) groups is 1. The van der Waals surface area contributed by atoms with E-state index in [2.05, 4.69) is 48.1 Å². The summed E-state index contributed by atoms with van der Waals surface area (Å²) in [6.07, 6.45) is 3.07. The summed E-state index contributed by atoms with van der Waals surface area (Å²) in [5.74, 6) is 3.36. The summed E-state index contributed by atoms with van der Waals surface area (Å²) in [4.78, 5) is 7.15. The lowest BCUT2D eigenvalue weighted by Gasteiger charge is -2.37. The van der Waals surface area contributed by atoms with Gasteiger partial charge in [0.05, 0.1) is 0 Å². The first-order valence-corrected chi connectivity index (χ1v) is 8.03. The Balaban J connectivity index is 0.00000242. The van der Waals surface area contributed by atoms with Crippen molar-refractivity contribution < 1.29 is 0 Å². The minimum atomic E-state index is 0. The van der Waals surface area contributed by atoms with E-state index in [9.17, 15) is 0 Å². The average molecular weight is 420 g/mol. The zero-order valence-corrected chi connectivity index (χ0v) is 16.4. The highest BCUT2D eigenvalue weighted by Crippen LogP contribution is 2.21. The molecule has 0 amide bonds. The number of hydrogen-bond donors (Lipinski definition) is 1. The summed E-state index contributed by atoms with van der Waals surface area (Å²) in [7, 11) is 0. The Morgan fingerprint density at radius 3 is 2.59 bits per heavy atom. The molecular formula is C15H29IN6. The second kappa shape index (κ2) is 9.32. The number of nitrogens with zero attached hydrogens (tertiary/aromatic N) is 5. The van der Waals surface area contributed by atoms with Gasteiger partial charge in [0.25, 0.3) is 0 Å². The van der Waals surface area contributed by atoms with Crippen LogP contribution in [0.3, 0.4) is 0 Å². The molecule has 1 N–H and O–H groups in total. The van der Waals surface area contributed by atoms with Crippen LogP contribution >= 0.6 is 24.0 Å². The van der Waals surface area contributed by atoms with Crippen molar-refractivity contribution in [2.24, 2.45) is 16.8 Å². The summed E-state index contributed by atoms with van der Waals surface area (Å²) in [5.41, 5.74) is 0. The van der Waals surface area contributed by atoms with E-state index < -0.39 is 0 Å². The van der Waals surface area contributed by atoms with Crippen LogP contribution in [0.1, 0.15) is 39.9 Å². The highest BCUT2D eigenvalue weighted by Gasteiger charge is 2.24. The quantitative estimate of drug-likeness (QED) is 0.462. The molecule has 2 unspecified atom stereocenters. The van der Waals surface area contributed by atoms with Gasteiger partial charge in [-0.05, 0) is 32.1 Å². The summed E-state index contributed by atoms with van der Waals surface area (Å²) < 4.78 is 2.04. The second-order valence-electron chi connectivity index (χ2n) is 6.05. The highest BCUT2D eigenvalue weighted by atomic mass is 127. The lowest BCUT2D eigenvalue weighted by atomic mass is 9.92. The molecule has 22 heavy (non-hydrogen) atoms. The maximum atomic E-state index is 4.77. The fourth-order valence-corrected chi connectivity index (χ4v) is 3.07. The number of nitrogens with one attached hydrogen (secondary N) is 1. The number of halogens is 1. The second-order valence-corrected chi connectivity index (χ2v) is 6.05. The number of rotatable bonds is 4. The van der Waals surface area contributed by atoms with Crippen molar-refractivity contribution in [1.29, 1.82) is 0 Å². The van der Waals surface area contributed by atoms with Crippen LogP contribution in [0.4, 0.5) is 0 Å². The van der Waals surface area contributed by atoms with E-state index in [0.717, 1.165) is 49.8 Å². The molecule has 0 bridgehead atoms. The van der Waals surface area contributed by atoms with Crippen LogP contribution < -0.4 is 5.32 Å². The van der Waals surface area contributed by atoms with Crippen molar-refractivity contribution in [3.63, 3.8) is 0 Å². The van der Waals surface area contributed by atoms with E-state index in [-0.39, 0.29) is 24.0 Å². The van der Waals surface area contributed by atoms with Gasteiger partial charge in [0.15, 0.2) is 11.8 Å². The largest absolute Gasteiger partial charge is 0.357 e. The minimum absolute atomic E-state index is 0. The molecule has 6 nitrogen and oxygen atoms in total. The third kappa shape index (κ3) is 5.10. The van der Waals surface area contributed by atoms with Gasteiger partial charge in [0.1, 0.15) is 12.9 Å². The van der Waals surface area contributed by atoms with Crippen LogP contribution in [0.15, 0.2) is 11.3 Å². The summed E-state index contributed by atoms with van der Waals surface area (Å²) in [5, 5.41) is 11.5. The molecule has 7 heteroatoms. The zero-order valence-electron chi connectivity index (χ0n) is 14.1. The Bertz CT molecular complexity index is 462. The normalized spacial score (nSPS) is 22.4. The molecule has 0 aliphatic carbocycles. The first-order chi connectivity index (χ1) is 10.1. The lowest BCUT2D eigenvalue weighted by molar-refractivity contribution is 0.208. The van der Waals surface area contributed by atoms with Gasteiger partial charge >= 0.3 is 0 Å². The van der Waals surface area contributed by atoms with Gasteiger partial charge in [-0.25, -0.2) is 4.99 Å². The van der Waals surface area contributed by atoms with Crippen LogP contribution in [0.5, 0.6) is 0 Å². The molecule has 1 aliphatic rings. The molecular weight excluding hydrogens is 391 g/mol. The molecule has 2 heterocycles. The Labute approximate surface area is 150 Å². The SMILES string of the molecule is CCNC(=NCc1nncn1CC)N1CC(C)CC(C)C1.I. The topological polar surface area (TPSA) is 58.3 Å². The van der Waals surface area contributed by atoms with Crippen LogP contribution in [0.25, 0.3) is 0 Å². The summed E-state index contributed by atoms with van der Waals surface area (Å²) in [6.45, 7) is 13.4. The van der Waals surface area contributed by atoms with Gasteiger partial charge in [-0.15, -0.1) is 34.2 Å². The molecule has 2 atom stereocenters. The Hall–Kier alpha value is -0.860. The first kappa shape index (κ1) is 19.2. The van der Waals surface area contributed by atoms with Gasteiger partial charge in [0, 0.05) is 26.2 Å². The molecule has 0 saturated carbocycles. The van der Waals surface area contributed by atoms with Gasteiger partial charge in [0.2, 0.25) is 0 Å². The van der Waals surface area contributed by atoms with Gasteiger partial charge in [-0.1, -0.05) is 13.8 Å². The van der Waals surface area contributed by atoms with Crippen molar-refractivity contribution in [3.05, 3.63) is 12.2 Å². The van der Waals surface area contributed by atoms with E-state index >= 15 is 0 Å². The highest BCUT2D eigenvalue weighted by molar-refractivity contribution is 14.0. The minimum Gasteiger partial charge on any atom is -0.357 e. The smallest absolute Gasteiger partial charge is 0.194 e. The third-order valence-electron chi connectivity index (χ3n) is 3.91. The molecule has 1 aliphatic heterocycles. The lowest BCUT2D eigenvalue weighted by Crippen LogP contribution is -2.48. The molecule has 1 aromatic rings. The number of likely N-dealkylation sites (tertiary alicyclic amines) is 1. The van der Waals surface area contributed by atoms with E-state index in [1.807, 2.05) is 4.57 Å². The Kier molecular flexibility index (Phi) is 8.13. The number of aromatic nitrogens is 3. The molecule has 0 aromatic carbocycles. The number of guanidine groups is 1. The number of piperidine rings is 1. The Morgan fingerprint density at radius 2 is 2.00 bits per heavy atom. The van der Waals surface area contributed by atoms with Crippen molar-refractivity contribution in [2.75, 3.05) is 19.6 Å². The van der Waals surface area contributed by atoms with Crippen molar-refractivity contribution in [1.82, 2.24) is 25.0 Å². The standard InChI is InChI=1S/C15H28N6.HI/c1-5-16-15(21-9-12(3)7-13(4)10-21)17-8-14-19-18-11-20(14)6-2;/h11-13H,5-10H2,1-4H3,(H,16,17);1H. The average Bonchev–Trinajstić information content (AvgIpc) is 2.89. The molecule has 1 fully saturated rings. The third-order valence-corrected chi connectivity index (χ3v) is 3.91. The predicted molar refractivity (Wildman–Crippen MR) is 100 cm³/mol. The predicted octanol–water partition coefficient (Wildman–Crippen LogP) is 2.36. The van der Waals surface area contributed by atoms with Gasteiger partial charge in [-0.3, -0.25) is 0 Å². The van der Waals surface area contributed by atoms with Crippen LogP contribution in [0, 0.1) is 11.8 Å². The van der Waals surface area contributed by atoms with Crippen LogP contribution in [-0.2, 0) is 13.1 Å². The van der Waals surface area contributed by atoms with E-state index in [0.29, 0.717) is 6.54 Å². The van der Waals surface area contributed by atoms with Crippen molar-refractivity contribution >= 4 is 29.9 Å². The van der Waals surface area contributed by atoms with Gasteiger partial charge < -0.3 is 14.8 Å². The number of hydrogen-bond acceptors (Lipinski definition) is 3. The fraction of sp³-hybridized carbons (Fsp3) is 0.800. The number of aryl methyl sites for hydroxylation is 1. The summed E-state index contributed by atoms with van der Waals surface area (Å²) in [6, 6.07) is 0. The zero-order chi connectivity index (χ0) is 15.2. The fourth-order valence-electron chi connectivity index (χ4n) is 3.07. The maximum Gasteiger partial charge on any atom is 0.194 e. The van der Waals surface area contributed by atoms with Crippen LogP contribution in [0.2, 0.25) is 0 Å². The molecule has 0 radical (unpaired) electrons. The Morgan fingerprint density at radius 1 is 1.32 bits per heavy atom. The van der Waals surface area contributed by atoms with E-state index in [4.69, 9.17) is 4.99 Å².